The normalized spacial score (nSPS) is 32.2. The Morgan fingerprint density at radius 3 is 2.55 bits per heavy atom. The van der Waals surface area contributed by atoms with Gasteiger partial charge in [-0.2, -0.15) is 0 Å². The van der Waals surface area contributed by atoms with Crippen molar-refractivity contribution in [1.29, 1.82) is 0 Å². The molecule has 3 amide bonds. The molecule has 5 atom stereocenters. The minimum atomic E-state index is -0.571. The average Bonchev–Trinajstić information content (AvgIpc) is 3.38. The summed E-state index contributed by atoms with van der Waals surface area (Å²) in [5.74, 6) is -1.16. The van der Waals surface area contributed by atoms with Crippen LogP contribution in [-0.2, 0) is 20.9 Å². The summed E-state index contributed by atoms with van der Waals surface area (Å²) in [4.78, 5) is 42.1. The molecule has 8 heteroatoms. The summed E-state index contributed by atoms with van der Waals surface area (Å²) in [6, 6.07) is 9.19. The predicted molar refractivity (Wildman–Crippen MR) is 128 cm³/mol. The molecule has 2 unspecified atom stereocenters. The van der Waals surface area contributed by atoms with Gasteiger partial charge in [0.2, 0.25) is 17.7 Å². The average molecular weight is 474 g/mol. The van der Waals surface area contributed by atoms with Gasteiger partial charge in [0.15, 0.2) is 0 Å². The van der Waals surface area contributed by atoms with E-state index in [1.54, 1.807) is 23.7 Å². The SMILES string of the molecule is CNC(=O)[C@@H]1[C@H]2C(=O)N(CCCCCCO)C(C(=O)NCc3ccccc3)C23CC[C@@]1(C)S3. The van der Waals surface area contributed by atoms with Crippen molar-refractivity contribution >= 4 is 29.5 Å². The van der Waals surface area contributed by atoms with Crippen LogP contribution in [0.15, 0.2) is 30.3 Å². The molecule has 180 valence electrons. The van der Waals surface area contributed by atoms with Crippen LogP contribution in [0.2, 0.25) is 0 Å². The molecule has 2 bridgehead atoms. The molecule has 1 spiro atoms. The Hall–Kier alpha value is -2.06. The highest BCUT2D eigenvalue weighted by molar-refractivity contribution is 8.02. The van der Waals surface area contributed by atoms with Crippen LogP contribution in [0.5, 0.6) is 0 Å². The minimum Gasteiger partial charge on any atom is -0.396 e. The summed E-state index contributed by atoms with van der Waals surface area (Å²) in [5.41, 5.74) is 1.01. The second-order valence-electron chi connectivity index (χ2n) is 9.71. The van der Waals surface area contributed by atoms with Crippen molar-refractivity contribution in [2.75, 3.05) is 20.2 Å². The van der Waals surface area contributed by atoms with E-state index in [0.717, 1.165) is 44.1 Å². The van der Waals surface area contributed by atoms with Gasteiger partial charge in [-0.25, -0.2) is 0 Å². The lowest BCUT2D eigenvalue weighted by atomic mass is 9.66. The second kappa shape index (κ2) is 9.66. The molecule has 7 nitrogen and oxygen atoms in total. The molecular formula is C25H35N3O4S. The minimum absolute atomic E-state index is 0.0541. The van der Waals surface area contributed by atoms with Crippen molar-refractivity contribution in [2.24, 2.45) is 11.8 Å². The van der Waals surface area contributed by atoms with Gasteiger partial charge in [0, 0.05) is 31.5 Å². The highest BCUT2D eigenvalue weighted by atomic mass is 32.2. The maximum Gasteiger partial charge on any atom is 0.244 e. The highest BCUT2D eigenvalue weighted by Gasteiger charge is 2.76. The van der Waals surface area contributed by atoms with E-state index >= 15 is 0 Å². The van der Waals surface area contributed by atoms with E-state index in [-0.39, 0.29) is 29.1 Å². The van der Waals surface area contributed by atoms with E-state index in [0.29, 0.717) is 13.1 Å². The molecule has 3 saturated heterocycles. The third-order valence-corrected chi connectivity index (χ3v) is 9.66. The van der Waals surface area contributed by atoms with Gasteiger partial charge in [-0.15, -0.1) is 11.8 Å². The fourth-order valence-electron chi connectivity index (χ4n) is 6.15. The Kier molecular flexibility index (Phi) is 7.05. The van der Waals surface area contributed by atoms with Crippen LogP contribution >= 0.6 is 11.8 Å². The quantitative estimate of drug-likeness (QED) is 0.452. The monoisotopic (exact) mass is 473 g/mol. The van der Waals surface area contributed by atoms with E-state index in [9.17, 15) is 14.4 Å². The van der Waals surface area contributed by atoms with Gasteiger partial charge in [-0.05, 0) is 38.2 Å². The molecule has 4 rings (SSSR count). The van der Waals surface area contributed by atoms with Crippen molar-refractivity contribution in [1.82, 2.24) is 15.5 Å². The number of amides is 3. The molecule has 3 aliphatic heterocycles. The molecule has 33 heavy (non-hydrogen) atoms. The topological polar surface area (TPSA) is 98.7 Å². The standard InChI is InChI=1S/C25H35N3O4S/c1-24-12-13-25(33-24)19(18(24)21(30)26-2)23(32)28(14-8-3-4-9-15-29)20(25)22(31)27-16-17-10-6-5-7-11-17/h5-7,10-11,18-20,29H,3-4,8-9,12-16H2,1-2H3,(H,26,30)(H,27,31)/t18-,19-,20?,24+,25?/m0/s1. The summed E-state index contributed by atoms with van der Waals surface area (Å²) in [5, 5.41) is 14.9. The van der Waals surface area contributed by atoms with Crippen molar-refractivity contribution in [2.45, 2.75) is 67.5 Å². The largest absolute Gasteiger partial charge is 0.396 e. The first kappa shape index (κ1) is 24.1. The number of benzene rings is 1. The zero-order chi connectivity index (χ0) is 23.6. The number of aliphatic hydroxyl groups excluding tert-OH is 1. The summed E-state index contributed by atoms with van der Waals surface area (Å²) in [7, 11) is 1.62. The molecular weight excluding hydrogens is 438 g/mol. The molecule has 0 aromatic heterocycles. The van der Waals surface area contributed by atoms with Crippen LogP contribution in [0.25, 0.3) is 0 Å². The van der Waals surface area contributed by atoms with E-state index in [2.05, 4.69) is 17.6 Å². The third kappa shape index (κ3) is 4.16. The predicted octanol–water partition coefficient (Wildman–Crippen LogP) is 2.08. The first-order chi connectivity index (χ1) is 15.9. The number of fused-ring (bicyclic) bond motifs is 1. The fraction of sp³-hybridized carbons (Fsp3) is 0.640. The first-order valence-electron chi connectivity index (χ1n) is 12.0. The number of carbonyl (C=O) groups is 3. The van der Waals surface area contributed by atoms with Gasteiger partial charge in [-0.1, -0.05) is 43.2 Å². The molecule has 3 N–H and O–H groups in total. The number of unbranched alkanes of at least 4 members (excludes halogenated alkanes) is 3. The van der Waals surface area contributed by atoms with Crippen LogP contribution in [0.3, 0.4) is 0 Å². The van der Waals surface area contributed by atoms with Crippen LogP contribution < -0.4 is 10.6 Å². The molecule has 1 aromatic carbocycles. The molecule has 3 aliphatic rings. The second-order valence-corrected chi connectivity index (χ2v) is 11.6. The van der Waals surface area contributed by atoms with Gasteiger partial charge in [0.05, 0.1) is 16.6 Å². The van der Waals surface area contributed by atoms with Crippen LogP contribution in [0, 0.1) is 11.8 Å². The maximum atomic E-state index is 13.8. The lowest BCUT2D eigenvalue weighted by Gasteiger charge is -2.34. The number of thioether (sulfide) groups is 1. The number of carbonyl (C=O) groups excluding carboxylic acids is 3. The Balaban J connectivity index is 1.59. The van der Waals surface area contributed by atoms with E-state index in [4.69, 9.17) is 5.11 Å². The summed E-state index contributed by atoms with van der Waals surface area (Å²) >= 11 is 1.70. The highest BCUT2D eigenvalue weighted by Crippen LogP contribution is 2.71. The van der Waals surface area contributed by atoms with Crippen LogP contribution in [0.1, 0.15) is 51.0 Å². The molecule has 1 aromatic rings. The molecule has 0 aliphatic carbocycles. The lowest BCUT2D eigenvalue weighted by molar-refractivity contribution is -0.140. The zero-order valence-electron chi connectivity index (χ0n) is 19.5. The first-order valence-corrected chi connectivity index (χ1v) is 12.8. The van der Waals surface area contributed by atoms with Gasteiger partial charge in [0.25, 0.3) is 0 Å². The van der Waals surface area contributed by atoms with Crippen molar-refractivity contribution < 1.29 is 19.5 Å². The molecule has 3 fully saturated rings. The van der Waals surface area contributed by atoms with E-state index < -0.39 is 22.6 Å². The number of nitrogens with zero attached hydrogens (tertiary/aromatic N) is 1. The van der Waals surface area contributed by atoms with Gasteiger partial charge in [-0.3, -0.25) is 14.4 Å². The van der Waals surface area contributed by atoms with Gasteiger partial charge < -0.3 is 20.6 Å². The number of hydrogen-bond acceptors (Lipinski definition) is 5. The zero-order valence-corrected chi connectivity index (χ0v) is 20.3. The van der Waals surface area contributed by atoms with Crippen molar-refractivity contribution in [3.05, 3.63) is 35.9 Å². The smallest absolute Gasteiger partial charge is 0.244 e. The third-order valence-electron chi connectivity index (χ3n) is 7.67. The van der Waals surface area contributed by atoms with Crippen LogP contribution in [0.4, 0.5) is 0 Å². The fourth-order valence-corrected chi connectivity index (χ4v) is 8.51. The Morgan fingerprint density at radius 2 is 1.85 bits per heavy atom. The van der Waals surface area contributed by atoms with Crippen molar-refractivity contribution in [3.8, 4) is 0 Å². The number of aliphatic hydroxyl groups is 1. The molecule has 0 radical (unpaired) electrons. The lowest BCUT2D eigenvalue weighted by Crippen LogP contribution is -2.53. The maximum absolute atomic E-state index is 13.8. The Labute approximate surface area is 200 Å². The van der Waals surface area contributed by atoms with Crippen molar-refractivity contribution in [3.63, 3.8) is 0 Å². The number of nitrogens with one attached hydrogen (secondary N) is 2. The van der Waals surface area contributed by atoms with E-state index in [1.165, 1.54) is 0 Å². The summed E-state index contributed by atoms with van der Waals surface area (Å²) in [6.07, 6.45) is 4.91. The van der Waals surface area contributed by atoms with Gasteiger partial charge >= 0.3 is 0 Å². The number of rotatable bonds is 10. The molecule has 3 heterocycles. The number of hydrogen-bond donors (Lipinski definition) is 3. The summed E-state index contributed by atoms with van der Waals surface area (Å²) in [6.45, 7) is 3.16. The number of likely N-dealkylation sites (tertiary alicyclic amines) is 1. The molecule has 0 saturated carbocycles. The van der Waals surface area contributed by atoms with Gasteiger partial charge in [0.1, 0.15) is 6.04 Å². The Bertz CT molecular complexity index is 897. The van der Waals surface area contributed by atoms with Crippen LogP contribution in [-0.4, -0.2) is 63.5 Å². The Morgan fingerprint density at radius 1 is 1.12 bits per heavy atom. The van der Waals surface area contributed by atoms with E-state index in [1.807, 2.05) is 30.3 Å². The summed E-state index contributed by atoms with van der Waals surface area (Å²) < 4.78 is -0.888.